The van der Waals surface area contributed by atoms with Crippen LogP contribution in [0.2, 0.25) is 0 Å². The molecule has 0 radical (unpaired) electrons. The monoisotopic (exact) mass is 321 g/mol. The van der Waals surface area contributed by atoms with Crippen LogP contribution in [-0.4, -0.2) is 21.9 Å². The van der Waals surface area contributed by atoms with Crippen molar-refractivity contribution < 1.29 is 9.53 Å². The fraction of sp³-hybridized carbons (Fsp3) is 0.375. The second-order valence-electron chi connectivity index (χ2n) is 4.47. The summed E-state index contributed by atoms with van der Waals surface area (Å²) in [5.74, 6) is 1.73. The smallest absolute Gasteiger partial charge is 0.244 e. The molecule has 1 aromatic carbocycles. The number of aliphatic imine (C=N–C) groups is 1. The molecule has 2 rings (SSSR count). The number of benzene rings is 1. The standard InChI is InChI=1S/C16H19NO2S2/c1-3-5-10-19-14-9-7-6-8-12(14)11-13-15(18)21-16(17-13)20-4-2/h6-9,11H,3-5,10H2,1-2H3. The lowest BCUT2D eigenvalue weighted by molar-refractivity contribution is -0.107. The van der Waals surface area contributed by atoms with E-state index in [1.54, 1.807) is 11.8 Å². The first kappa shape index (κ1) is 16.2. The Morgan fingerprint density at radius 2 is 2.14 bits per heavy atom. The van der Waals surface area contributed by atoms with Gasteiger partial charge < -0.3 is 4.74 Å². The normalized spacial score (nSPS) is 16.4. The van der Waals surface area contributed by atoms with E-state index in [9.17, 15) is 4.79 Å². The van der Waals surface area contributed by atoms with Crippen molar-refractivity contribution in [3.8, 4) is 5.75 Å². The van der Waals surface area contributed by atoms with Crippen LogP contribution in [0.3, 0.4) is 0 Å². The minimum atomic E-state index is 0.00862. The molecular formula is C16H19NO2S2. The molecule has 0 spiro atoms. The summed E-state index contributed by atoms with van der Waals surface area (Å²) < 4.78 is 6.61. The summed E-state index contributed by atoms with van der Waals surface area (Å²) in [5, 5.41) is 0.00862. The fourth-order valence-corrected chi connectivity index (χ4v) is 3.52. The first-order chi connectivity index (χ1) is 10.2. The van der Waals surface area contributed by atoms with Gasteiger partial charge in [0, 0.05) is 5.56 Å². The first-order valence-electron chi connectivity index (χ1n) is 7.11. The third-order valence-corrected chi connectivity index (χ3v) is 4.73. The highest BCUT2D eigenvalue weighted by molar-refractivity contribution is 8.45. The molecule has 0 amide bonds. The number of carbonyl (C=O) groups excluding carboxylic acids is 1. The molecule has 0 saturated carbocycles. The van der Waals surface area contributed by atoms with E-state index in [2.05, 4.69) is 18.8 Å². The van der Waals surface area contributed by atoms with Gasteiger partial charge in [-0.1, -0.05) is 50.2 Å². The van der Waals surface area contributed by atoms with E-state index in [1.165, 1.54) is 11.8 Å². The molecule has 1 aromatic rings. The number of hydrogen-bond donors (Lipinski definition) is 0. The van der Waals surface area contributed by atoms with Crippen LogP contribution in [0.4, 0.5) is 0 Å². The molecule has 0 unspecified atom stereocenters. The number of rotatable bonds is 6. The van der Waals surface area contributed by atoms with Crippen molar-refractivity contribution in [1.29, 1.82) is 0 Å². The highest BCUT2D eigenvalue weighted by Gasteiger charge is 2.22. The van der Waals surface area contributed by atoms with E-state index in [0.29, 0.717) is 12.3 Å². The van der Waals surface area contributed by atoms with Gasteiger partial charge in [-0.3, -0.25) is 4.79 Å². The average molecular weight is 321 g/mol. The number of carbonyl (C=O) groups is 1. The molecule has 0 N–H and O–H groups in total. The second kappa shape index (κ2) is 8.29. The van der Waals surface area contributed by atoms with Crippen molar-refractivity contribution in [3.05, 3.63) is 35.5 Å². The molecular weight excluding hydrogens is 302 g/mol. The molecule has 112 valence electrons. The predicted octanol–water partition coefficient (Wildman–Crippen LogP) is 4.59. The summed E-state index contributed by atoms with van der Waals surface area (Å²) in [6.07, 6.45) is 3.94. The van der Waals surface area contributed by atoms with Crippen molar-refractivity contribution in [2.75, 3.05) is 12.4 Å². The summed E-state index contributed by atoms with van der Waals surface area (Å²) >= 11 is 2.81. The minimum Gasteiger partial charge on any atom is -0.493 e. The molecule has 1 aliphatic rings. The highest BCUT2D eigenvalue weighted by atomic mass is 32.2. The summed E-state index contributed by atoms with van der Waals surface area (Å²) in [5.41, 5.74) is 1.41. The van der Waals surface area contributed by atoms with Crippen LogP contribution in [-0.2, 0) is 4.79 Å². The Morgan fingerprint density at radius 3 is 2.90 bits per heavy atom. The molecule has 0 aromatic heterocycles. The zero-order valence-corrected chi connectivity index (χ0v) is 13.9. The van der Waals surface area contributed by atoms with Crippen molar-refractivity contribution in [2.24, 2.45) is 4.99 Å². The lowest BCUT2D eigenvalue weighted by Gasteiger charge is -2.08. The van der Waals surface area contributed by atoms with E-state index < -0.39 is 0 Å². The topological polar surface area (TPSA) is 38.7 Å². The van der Waals surface area contributed by atoms with Gasteiger partial charge in [-0.05, 0) is 36.1 Å². The molecule has 1 heterocycles. The quantitative estimate of drug-likeness (QED) is 0.567. The number of unbranched alkanes of at least 4 members (excludes halogenated alkanes) is 1. The summed E-state index contributed by atoms with van der Waals surface area (Å²) in [4.78, 5) is 16.4. The third kappa shape index (κ3) is 4.64. The molecule has 0 saturated heterocycles. The van der Waals surface area contributed by atoms with Crippen molar-refractivity contribution in [1.82, 2.24) is 0 Å². The van der Waals surface area contributed by atoms with Crippen LogP contribution in [0.25, 0.3) is 6.08 Å². The van der Waals surface area contributed by atoms with Crippen LogP contribution < -0.4 is 4.74 Å². The summed E-state index contributed by atoms with van der Waals surface area (Å²) in [7, 11) is 0. The van der Waals surface area contributed by atoms with E-state index in [4.69, 9.17) is 4.74 Å². The van der Waals surface area contributed by atoms with Gasteiger partial charge in [-0.25, -0.2) is 4.99 Å². The zero-order valence-electron chi connectivity index (χ0n) is 12.3. The van der Waals surface area contributed by atoms with Crippen molar-refractivity contribution in [2.45, 2.75) is 26.7 Å². The highest BCUT2D eigenvalue weighted by Crippen LogP contribution is 2.32. The van der Waals surface area contributed by atoms with Crippen molar-refractivity contribution in [3.63, 3.8) is 0 Å². The van der Waals surface area contributed by atoms with E-state index >= 15 is 0 Å². The van der Waals surface area contributed by atoms with Gasteiger partial charge in [0.25, 0.3) is 0 Å². The number of hydrogen-bond acceptors (Lipinski definition) is 5. The number of thioether (sulfide) groups is 2. The Hall–Kier alpha value is -1.20. The lowest BCUT2D eigenvalue weighted by Crippen LogP contribution is -1.98. The third-order valence-electron chi connectivity index (χ3n) is 2.84. The minimum absolute atomic E-state index is 0.00862. The summed E-state index contributed by atoms with van der Waals surface area (Å²) in [6.45, 7) is 4.88. The Morgan fingerprint density at radius 1 is 1.33 bits per heavy atom. The largest absolute Gasteiger partial charge is 0.493 e. The Bertz CT molecular complexity index is 567. The molecule has 0 fully saturated rings. The molecule has 1 aliphatic heterocycles. The number of para-hydroxylation sites is 1. The van der Waals surface area contributed by atoms with Gasteiger partial charge in [-0.15, -0.1) is 0 Å². The van der Waals surface area contributed by atoms with Crippen molar-refractivity contribution >= 4 is 39.1 Å². The molecule has 0 bridgehead atoms. The molecule has 0 atom stereocenters. The van der Waals surface area contributed by atoms with Gasteiger partial charge in [0.1, 0.15) is 15.8 Å². The molecule has 3 nitrogen and oxygen atoms in total. The maximum Gasteiger partial charge on any atom is 0.244 e. The molecule has 5 heteroatoms. The SMILES string of the molecule is CCCCOc1ccccc1C=C1N=C(SCC)SC1=O. The van der Waals surface area contributed by atoms with Gasteiger partial charge in [0.2, 0.25) is 5.12 Å². The van der Waals surface area contributed by atoms with Gasteiger partial charge in [0.15, 0.2) is 0 Å². The summed E-state index contributed by atoms with van der Waals surface area (Å²) in [6, 6.07) is 7.76. The van der Waals surface area contributed by atoms with E-state index in [0.717, 1.165) is 34.3 Å². The maximum atomic E-state index is 12.0. The average Bonchev–Trinajstić information content (AvgIpc) is 2.81. The Kier molecular flexibility index (Phi) is 6.39. The van der Waals surface area contributed by atoms with Gasteiger partial charge in [-0.2, -0.15) is 0 Å². The predicted molar refractivity (Wildman–Crippen MR) is 93.0 cm³/mol. The number of ether oxygens (including phenoxy) is 1. The Labute approximate surface area is 134 Å². The van der Waals surface area contributed by atoms with E-state index in [1.807, 2.05) is 30.3 Å². The Balaban J connectivity index is 2.18. The van der Waals surface area contributed by atoms with Crippen LogP contribution in [0, 0.1) is 0 Å². The van der Waals surface area contributed by atoms with E-state index in [-0.39, 0.29) is 5.12 Å². The first-order valence-corrected chi connectivity index (χ1v) is 8.92. The maximum absolute atomic E-state index is 12.0. The number of nitrogens with zero attached hydrogens (tertiary/aromatic N) is 1. The van der Waals surface area contributed by atoms with Crippen LogP contribution >= 0.6 is 23.5 Å². The second-order valence-corrected chi connectivity index (χ2v) is 6.94. The molecule has 21 heavy (non-hydrogen) atoms. The van der Waals surface area contributed by atoms with Gasteiger partial charge in [0.05, 0.1) is 6.61 Å². The van der Waals surface area contributed by atoms with Crippen LogP contribution in [0.15, 0.2) is 35.0 Å². The van der Waals surface area contributed by atoms with Crippen LogP contribution in [0.1, 0.15) is 32.3 Å². The lowest BCUT2D eigenvalue weighted by atomic mass is 10.1. The fourth-order valence-electron chi connectivity index (χ4n) is 1.78. The molecule has 0 aliphatic carbocycles. The van der Waals surface area contributed by atoms with Gasteiger partial charge >= 0.3 is 0 Å². The van der Waals surface area contributed by atoms with Crippen LogP contribution in [0.5, 0.6) is 5.75 Å². The zero-order chi connectivity index (χ0) is 15.1.